The fraction of sp³-hybridized carbons (Fsp3) is 0.435. The van der Waals surface area contributed by atoms with Crippen LogP contribution >= 0.6 is 11.3 Å². The van der Waals surface area contributed by atoms with Crippen molar-refractivity contribution in [1.82, 2.24) is 9.80 Å². The van der Waals surface area contributed by atoms with Crippen LogP contribution in [0.1, 0.15) is 28.4 Å². The van der Waals surface area contributed by atoms with Crippen LogP contribution in [0.5, 0.6) is 0 Å². The number of rotatable bonds is 8. The van der Waals surface area contributed by atoms with Gasteiger partial charge in [-0.2, -0.15) is 0 Å². The lowest BCUT2D eigenvalue weighted by Crippen LogP contribution is -2.50. The van der Waals surface area contributed by atoms with Gasteiger partial charge in [0.25, 0.3) is 0 Å². The Balaban J connectivity index is 1.43. The summed E-state index contributed by atoms with van der Waals surface area (Å²) in [6.07, 6.45) is 0. The molecule has 2 N–H and O–H groups in total. The maximum Gasteiger partial charge on any atom is 0.341 e. The minimum atomic E-state index is -0.433. The molecular weight excluding hydrogens is 428 g/mol. The second-order valence-corrected chi connectivity index (χ2v) is 8.72. The Labute approximate surface area is 192 Å². The number of piperazine rings is 1. The number of hydrogen-bond donors (Lipinski definition) is 2. The van der Waals surface area contributed by atoms with Gasteiger partial charge in [-0.25, -0.2) is 4.79 Å². The monoisotopic (exact) mass is 458 g/mol. The number of thiophene rings is 1. The van der Waals surface area contributed by atoms with E-state index in [-0.39, 0.29) is 25.0 Å². The molecule has 0 spiro atoms. The van der Waals surface area contributed by atoms with Gasteiger partial charge in [0.1, 0.15) is 5.00 Å². The van der Waals surface area contributed by atoms with Crippen LogP contribution in [0.3, 0.4) is 0 Å². The van der Waals surface area contributed by atoms with E-state index >= 15 is 0 Å². The first kappa shape index (κ1) is 23.9. The Hall–Kier alpha value is -2.75. The fourth-order valence-electron chi connectivity index (χ4n) is 3.64. The first-order valence-corrected chi connectivity index (χ1v) is 11.6. The number of carbonyl (C=O) groups excluding carboxylic acids is 3. The van der Waals surface area contributed by atoms with Crippen LogP contribution in [0.4, 0.5) is 10.7 Å². The molecule has 32 heavy (non-hydrogen) atoms. The molecule has 0 unspecified atom stereocenters. The van der Waals surface area contributed by atoms with Crippen molar-refractivity contribution in [2.75, 3.05) is 56.5 Å². The Kier molecular flexibility index (Phi) is 8.38. The smallest absolute Gasteiger partial charge is 0.341 e. The number of nitrogens with one attached hydrogen (secondary N) is 2. The lowest BCUT2D eigenvalue weighted by atomic mass is 10.1. The molecule has 0 bridgehead atoms. The van der Waals surface area contributed by atoms with E-state index in [1.54, 1.807) is 18.4 Å². The molecule has 2 amide bonds. The summed E-state index contributed by atoms with van der Waals surface area (Å²) in [6, 6.07) is 7.60. The van der Waals surface area contributed by atoms with Crippen molar-refractivity contribution in [3.8, 4) is 0 Å². The van der Waals surface area contributed by atoms with Gasteiger partial charge in [0.2, 0.25) is 11.8 Å². The fourth-order valence-corrected chi connectivity index (χ4v) is 4.44. The Morgan fingerprint density at radius 1 is 0.938 bits per heavy atom. The topological polar surface area (TPSA) is 91.0 Å². The quantitative estimate of drug-likeness (QED) is 0.591. The van der Waals surface area contributed by atoms with E-state index in [0.29, 0.717) is 43.3 Å². The molecule has 1 aliphatic heterocycles. The summed E-state index contributed by atoms with van der Waals surface area (Å²) in [5.74, 6) is -0.631. The summed E-state index contributed by atoms with van der Waals surface area (Å²) in [7, 11) is 0. The second-order valence-electron chi connectivity index (χ2n) is 7.80. The maximum atomic E-state index is 12.5. The molecule has 1 aliphatic rings. The standard InChI is InChI=1S/C23H30N4O4S/c1-4-31-23(30)18-8-13-32-22(18)25-20(29)15-27-11-9-26(10-12-27)14-19(28)24-21-16(2)6-5-7-17(21)3/h5-8,13H,4,9-12,14-15H2,1-3H3,(H,24,28)(H,25,29). The predicted molar refractivity (Wildman–Crippen MR) is 126 cm³/mol. The summed E-state index contributed by atoms with van der Waals surface area (Å²) >= 11 is 1.30. The van der Waals surface area contributed by atoms with Crippen molar-refractivity contribution in [2.24, 2.45) is 0 Å². The minimum Gasteiger partial charge on any atom is -0.462 e. The van der Waals surface area contributed by atoms with E-state index in [1.807, 2.05) is 36.9 Å². The van der Waals surface area contributed by atoms with Gasteiger partial charge in [0.15, 0.2) is 0 Å². The Morgan fingerprint density at radius 2 is 1.50 bits per heavy atom. The summed E-state index contributed by atoms with van der Waals surface area (Å²) < 4.78 is 5.02. The third kappa shape index (κ3) is 6.38. The summed E-state index contributed by atoms with van der Waals surface area (Å²) in [5, 5.41) is 8.10. The minimum absolute atomic E-state index is 0.0298. The zero-order valence-corrected chi connectivity index (χ0v) is 19.6. The number of ether oxygens (including phenoxy) is 1. The van der Waals surface area contributed by atoms with Crippen LogP contribution in [-0.2, 0) is 14.3 Å². The summed E-state index contributed by atoms with van der Waals surface area (Å²) in [4.78, 5) is 41.1. The zero-order valence-electron chi connectivity index (χ0n) is 18.8. The van der Waals surface area contributed by atoms with Gasteiger partial charge in [0, 0.05) is 31.9 Å². The highest BCUT2D eigenvalue weighted by molar-refractivity contribution is 7.14. The van der Waals surface area contributed by atoms with Gasteiger partial charge in [0.05, 0.1) is 25.3 Å². The highest BCUT2D eigenvalue weighted by Gasteiger charge is 2.22. The highest BCUT2D eigenvalue weighted by atomic mass is 32.1. The lowest BCUT2D eigenvalue weighted by Gasteiger charge is -2.33. The molecule has 3 rings (SSSR count). The number of benzene rings is 1. The number of anilines is 2. The highest BCUT2D eigenvalue weighted by Crippen LogP contribution is 2.24. The molecule has 2 aromatic rings. The van der Waals surface area contributed by atoms with Crippen molar-refractivity contribution >= 4 is 39.8 Å². The van der Waals surface area contributed by atoms with E-state index in [2.05, 4.69) is 15.5 Å². The van der Waals surface area contributed by atoms with E-state index in [9.17, 15) is 14.4 Å². The van der Waals surface area contributed by atoms with Crippen LogP contribution in [0.15, 0.2) is 29.6 Å². The average Bonchev–Trinajstić information content (AvgIpc) is 3.20. The van der Waals surface area contributed by atoms with Crippen LogP contribution < -0.4 is 10.6 Å². The van der Waals surface area contributed by atoms with E-state index in [4.69, 9.17) is 4.74 Å². The van der Waals surface area contributed by atoms with Crippen LogP contribution in [0.2, 0.25) is 0 Å². The van der Waals surface area contributed by atoms with Gasteiger partial charge in [-0.3, -0.25) is 19.4 Å². The lowest BCUT2D eigenvalue weighted by molar-refractivity contribution is -0.120. The molecule has 0 atom stereocenters. The first-order chi connectivity index (χ1) is 15.4. The van der Waals surface area contributed by atoms with Crippen LogP contribution in [0.25, 0.3) is 0 Å². The van der Waals surface area contributed by atoms with E-state index in [1.165, 1.54) is 11.3 Å². The molecule has 2 heterocycles. The number of carbonyl (C=O) groups is 3. The molecule has 0 radical (unpaired) electrons. The predicted octanol–water partition coefficient (Wildman–Crippen LogP) is 2.74. The number of para-hydroxylation sites is 1. The van der Waals surface area contributed by atoms with Gasteiger partial charge >= 0.3 is 5.97 Å². The number of hydrogen-bond acceptors (Lipinski definition) is 7. The average molecular weight is 459 g/mol. The van der Waals surface area contributed by atoms with Crippen molar-refractivity contribution in [3.05, 3.63) is 46.3 Å². The van der Waals surface area contributed by atoms with Gasteiger partial charge < -0.3 is 15.4 Å². The zero-order chi connectivity index (χ0) is 23.1. The molecule has 0 saturated carbocycles. The normalized spacial score (nSPS) is 14.7. The molecule has 0 aliphatic carbocycles. The number of amides is 2. The van der Waals surface area contributed by atoms with Crippen molar-refractivity contribution in [3.63, 3.8) is 0 Å². The third-order valence-electron chi connectivity index (χ3n) is 5.36. The van der Waals surface area contributed by atoms with Crippen molar-refractivity contribution in [2.45, 2.75) is 20.8 Å². The molecule has 1 saturated heterocycles. The molecule has 1 aromatic heterocycles. The molecule has 172 valence electrons. The van der Waals surface area contributed by atoms with Gasteiger partial charge in [-0.05, 0) is 43.3 Å². The molecule has 8 nitrogen and oxygen atoms in total. The summed E-state index contributed by atoms with van der Waals surface area (Å²) in [5.41, 5.74) is 3.35. The summed E-state index contributed by atoms with van der Waals surface area (Å²) in [6.45, 7) is 9.37. The van der Waals surface area contributed by atoms with Crippen LogP contribution in [-0.4, -0.2) is 73.5 Å². The molecular formula is C23H30N4O4S. The third-order valence-corrected chi connectivity index (χ3v) is 6.19. The molecule has 1 fully saturated rings. The van der Waals surface area contributed by atoms with Gasteiger partial charge in [-0.15, -0.1) is 11.3 Å². The Morgan fingerprint density at radius 3 is 2.06 bits per heavy atom. The van der Waals surface area contributed by atoms with Crippen LogP contribution in [0, 0.1) is 13.8 Å². The molecule has 1 aromatic carbocycles. The first-order valence-electron chi connectivity index (χ1n) is 10.7. The van der Waals surface area contributed by atoms with E-state index in [0.717, 1.165) is 16.8 Å². The van der Waals surface area contributed by atoms with Gasteiger partial charge in [-0.1, -0.05) is 18.2 Å². The SMILES string of the molecule is CCOC(=O)c1ccsc1NC(=O)CN1CCN(CC(=O)Nc2c(C)cccc2C)CC1. The second kappa shape index (κ2) is 11.2. The Bertz CT molecular complexity index is 946. The largest absolute Gasteiger partial charge is 0.462 e. The van der Waals surface area contributed by atoms with E-state index < -0.39 is 5.97 Å². The van der Waals surface area contributed by atoms with Crippen molar-refractivity contribution < 1.29 is 19.1 Å². The van der Waals surface area contributed by atoms with Crippen molar-refractivity contribution in [1.29, 1.82) is 0 Å². The number of esters is 1. The number of aryl methyl sites for hydroxylation is 2. The molecule has 9 heteroatoms. The maximum absolute atomic E-state index is 12.5. The number of nitrogens with zero attached hydrogens (tertiary/aromatic N) is 2.